The van der Waals surface area contributed by atoms with E-state index in [9.17, 15) is 0 Å². The Hall–Kier alpha value is -1.06. The zero-order valence-corrected chi connectivity index (χ0v) is 11.4. The van der Waals surface area contributed by atoms with Crippen molar-refractivity contribution < 1.29 is 4.74 Å². The van der Waals surface area contributed by atoms with Gasteiger partial charge < -0.3 is 10.1 Å². The van der Waals surface area contributed by atoms with E-state index >= 15 is 0 Å². The fourth-order valence-corrected chi connectivity index (χ4v) is 3.87. The van der Waals surface area contributed by atoms with Crippen LogP contribution in [0.4, 0.5) is 5.69 Å². The summed E-state index contributed by atoms with van der Waals surface area (Å²) in [6.07, 6.45) is 5.58. The van der Waals surface area contributed by atoms with E-state index < -0.39 is 0 Å². The number of morpholine rings is 1. The second-order valence-corrected chi connectivity index (χ2v) is 6.05. The van der Waals surface area contributed by atoms with Gasteiger partial charge in [-0.15, -0.1) is 0 Å². The average Bonchev–Trinajstić information content (AvgIpc) is 3.06. The highest BCUT2D eigenvalue weighted by atomic mass is 16.5. The molecular weight excluding hydrogens is 236 g/mol. The van der Waals surface area contributed by atoms with E-state index in [2.05, 4.69) is 28.4 Å². The normalized spacial score (nSPS) is 29.9. The molecule has 1 N–H and O–H groups in total. The van der Waals surface area contributed by atoms with Crippen LogP contribution >= 0.6 is 0 Å². The highest BCUT2D eigenvalue weighted by Crippen LogP contribution is 2.31. The lowest BCUT2D eigenvalue weighted by atomic mass is 10.1. The van der Waals surface area contributed by atoms with Crippen LogP contribution in [-0.4, -0.2) is 36.7 Å². The Kier molecular flexibility index (Phi) is 2.97. The Morgan fingerprint density at radius 1 is 1.32 bits per heavy atom. The van der Waals surface area contributed by atoms with E-state index in [4.69, 9.17) is 4.74 Å². The van der Waals surface area contributed by atoms with Gasteiger partial charge in [0.05, 0.1) is 12.7 Å². The highest BCUT2D eigenvalue weighted by Gasteiger charge is 2.35. The van der Waals surface area contributed by atoms with E-state index in [1.807, 2.05) is 0 Å². The van der Waals surface area contributed by atoms with Crippen LogP contribution in [0.25, 0.3) is 0 Å². The SMILES string of the molecule is c1cc2c(cc1CN1CCOC3CCCC31)NCC2. The van der Waals surface area contributed by atoms with E-state index in [0.29, 0.717) is 12.1 Å². The van der Waals surface area contributed by atoms with Gasteiger partial charge in [0.2, 0.25) is 0 Å². The molecule has 0 amide bonds. The van der Waals surface area contributed by atoms with Crippen molar-refractivity contribution in [1.82, 2.24) is 4.90 Å². The van der Waals surface area contributed by atoms with Crippen molar-refractivity contribution in [3.63, 3.8) is 0 Å². The summed E-state index contributed by atoms with van der Waals surface area (Å²) < 4.78 is 5.89. The van der Waals surface area contributed by atoms with E-state index in [1.165, 1.54) is 42.5 Å². The molecule has 1 aromatic rings. The number of fused-ring (bicyclic) bond motifs is 2. The van der Waals surface area contributed by atoms with Crippen LogP contribution in [0.1, 0.15) is 30.4 Å². The number of nitrogens with zero attached hydrogens (tertiary/aromatic N) is 1. The number of hydrogen-bond acceptors (Lipinski definition) is 3. The van der Waals surface area contributed by atoms with Gasteiger partial charge >= 0.3 is 0 Å². The minimum atomic E-state index is 0.501. The summed E-state index contributed by atoms with van der Waals surface area (Å²) in [6.45, 7) is 4.18. The molecule has 0 spiro atoms. The van der Waals surface area contributed by atoms with Gasteiger partial charge in [0.15, 0.2) is 0 Å². The predicted molar refractivity (Wildman–Crippen MR) is 76.4 cm³/mol. The van der Waals surface area contributed by atoms with Crippen molar-refractivity contribution in [3.8, 4) is 0 Å². The molecule has 1 saturated heterocycles. The summed E-state index contributed by atoms with van der Waals surface area (Å²) >= 11 is 0. The fraction of sp³-hybridized carbons (Fsp3) is 0.625. The van der Waals surface area contributed by atoms with Crippen LogP contribution in [0, 0.1) is 0 Å². The van der Waals surface area contributed by atoms with Crippen LogP contribution in [0.15, 0.2) is 18.2 Å². The third-order valence-electron chi connectivity index (χ3n) is 4.87. The van der Waals surface area contributed by atoms with Gasteiger partial charge in [0.25, 0.3) is 0 Å². The molecule has 19 heavy (non-hydrogen) atoms. The lowest BCUT2D eigenvalue weighted by Crippen LogP contribution is -2.47. The van der Waals surface area contributed by atoms with Crippen LogP contribution in [-0.2, 0) is 17.7 Å². The number of rotatable bonds is 2. The Morgan fingerprint density at radius 3 is 3.32 bits per heavy atom. The maximum atomic E-state index is 5.89. The van der Waals surface area contributed by atoms with E-state index in [1.54, 1.807) is 0 Å². The molecule has 2 fully saturated rings. The Labute approximate surface area is 114 Å². The van der Waals surface area contributed by atoms with Crippen molar-refractivity contribution in [2.24, 2.45) is 0 Å². The summed E-state index contributed by atoms with van der Waals surface area (Å²) in [4.78, 5) is 2.64. The van der Waals surface area contributed by atoms with Gasteiger partial charge in [0.1, 0.15) is 0 Å². The number of benzene rings is 1. The van der Waals surface area contributed by atoms with Crippen molar-refractivity contribution in [2.45, 2.75) is 44.4 Å². The van der Waals surface area contributed by atoms with Gasteiger partial charge in [-0.2, -0.15) is 0 Å². The minimum absolute atomic E-state index is 0.501. The molecule has 2 heterocycles. The quantitative estimate of drug-likeness (QED) is 0.881. The molecular formula is C16H22N2O. The zero-order valence-electron chi connectivity index (χ0n) is 11.4. The van der Waals surface area contributed by atoms with Crippen LogP contribution in [0.2, 0.25) is 0 Å². The maximum Gasteiger partial charge on any atom is 0.0731 e. The molecule has 2 aliphatic heterocycles. The molecule has 102 valence electrons. The summed E-state index contributed by atoms with van der Waals surface area (Å²) in [5.74, 6) is 0. The first kappa shape index (κ1) is 11.7. The molecule has 2 unspecified atom stereocenters. The van der Waals surface area contributed by atoms with Gasteiger partial charge in [0, 0.05) is 31.4 Å². The Balaban J connectivity index is 1.51. The molecule has 1 aromatic carbocycles. The number of ether oxygens (including phenoxy) is 1. The topological polar surface area (TPSA) is 24.5 Å². The number of nitrogens with one attached hydrogen (secondary N) is 1. The number of hydrogen-bond donors (Lipinski definition) is 1. The molecule has 3 heteroatoms. The van der Waals surface area contributed by atoms with Crippen molar-refractivity contribution in [2.75, 3.05) is 25.0 Å². The van der Waals surface area contributed by atoms with Crippen LogP contribution in [0.3, 0.4) is 0 Å². The smallest absolute Gasteiger partial charge is 0.0731 e. The van der Waals surface area contributed by atoms with Crippen molar-refractivity contribution in [3.05, 3.63) is 29.3 Å². The first-order valence-electron chi connectivity index (χ1n) is 7.61. The Bertz CT molecular complexity index is 474. The second kappa shape index (κ2) is 4.80. The van der Waals surface area contributed by atoms with Gasteiger partial charge in [-0.05, 0) is 42.9 Å². The van der Waals surface area contributed by atoms with Crippen molar-refractivity contribution in [1.29, 1.82) is 0 Å². The average molecular weight is 258 g/mol. The standard InChI is InChI=1S/C16H22N2O/c1-2-15-16(3-1)19-9-8-18(15)11-12-4-5-13-6-7-17-14(13)10-12/h4-5,10,15-17H,1-3,6-9,11H2. The highest BCUT2D eigenvalue weighted by molar-refractivity contribution is 5.57. The fourth-order valence-electron chi connectivity index (χ4n) is 3.87. The maximum absolute atomic E-state index is 5.89. The lowest BCUT2D eigenvalue weighted by molar-refractivity contribution is -0.0588. The molecule has 0 aromatic heterocycles. The molecule has 3 aliphatic rings. The minimum Gasteiger partial charge on any atom is -0.384 e. The molecule has 1 saturated carbocycles. The summed E-state index contributed by atoms with van der Waals surface area (Å²) in [5, 5.41) is 3.48. The molecule has 0 bridgehead atoms. The van der Waals surface area contributed by atoms with Crippen LogP contribution < -0.4 is 5.32 Å². The summed E-state index contributed by atoms with van der Waals surface area (Å²) in [7, 11) is 0. The zero-order chi connectivity index (χ0) is 12.7. The van der Waals surface area contributed by atoms with Gasteiger partial charge in [-0.25, -0.2) is 0 Å². The van der Waals surface area contributed by atoms with Crippen molar-refractivity contribution >= 4 is 5.69 Å². The Morgan fingerprint density at radius 2 is 2.32 bits per heavy atom. The van der Waals surface area contributed by atoms with Gasteiger partial charge in [-0.1, -0.05) is 12.1 Å². The summed E-state index contributed by atoms with van der Waals surface area (Å²) in [5.41, 5.74) is 4.28. The van der Waals surface area contributed by atoms with E-state index in [0.717, 1.165) is 26.2 Å². The predicted octanol–water partition coefficient (Wildman–Crippen LogP) is 2.41. The largest absolute Gasteiger partial charge is 0.384 e. The molecule has 4 rings (SSSR count). The summed E-state index contributed by atoms with van der Waals surface area (Å²) in [6, 6.07) is 7.62. The first-order chi connectivity index (χ1) is 9.40. The molecule has 1 aliphatic carbocycles. The monoisotopic (exact) mass is 258 g/mol. The molecule has 3 nitrogen and oxygen atoms in total. The second-order valence-electron chi connectivity index (χ2n) is 6.05. The number of anilines is 1. The third-order valence-corrected chi connectivity index (χ3v) is 4.87. The van der Waals surface area contributed by atoms with E-state index in [-0.39, 0.29) is 0 Å². The van der Waals surface area contributed by atoms with Gasteiger partial charge in [-0.3, -0.25) is 4.90 Å². The first-order valence-corrected chi connectivity index (χ1v) is 7.61. The molecule has 0 radical (unpaired) electrons. The van der Waals surface area contributed by atoms with Crippen LogP contribution in [0.5, 0.6) is 0 Å². The lowest BCUT2D eigenvalue weighted by Gasteiger charge is -2.37. The third kappa shape index (κ3) is 2.15. The molecule has 2 atom stereocenters.